The van der Waals surface area contributed by atoms with Gasteiger partial charge in [-0.15, -0.1) is 11.8 Å². The van der Waals surface area contributed by atoms with Crippen molar-refractivity contribution in [1.29, 1.82) is 0 Å². The van der Waals surface area contributed by atoms with Gasteiger partial charge < -0.3 is 10.2 Å². The van der Waals surface area contributed by atoms with E-state index in [1.807, 2.05) is 42.5 Å². The van der Waals surface area contributed by atoms with Gasteiger partial charge in [0.05, 0.1) is 22.4 Å². The van der Waals surface area contributed by atoms with Crippen molar-refractivity contribution in [3.63, 3.8) is 0 Å². The summed E-state index contributed by atoms with van der Waals surface area (Å²) in [5.74, 6) is -0.0139. The Balaban J connectivity index is 1.47. The van der Waals surface area contributed by atoms with Gasteiger partial charge in [-0.2, -0.15) is 5.10 Å². The first-order chi connectivity index (χ1) is 20.5. The lowest BCUT2D eigenvalue weighted by molar-refractivity contribution is -0.122. The number of nitrogens with one attached hydrogen (secondary N) is 1. The standard InChI is InChI=1S/C33H34FN5O2S/c1-23-9-5-6-12-27(23)32-30-31(24-10-3-2-4-11-24)36-39(26-15-13-25(34)14-16-26)33(30)38(29(41)22-42-32)21-28(40)35-17-20-37-18-7-8-19-37/h2-6,9-16,32H,7-8,17-22H2,1H3,(H,35,40). The Labute approximate surface area is 249 Å². The molecule has 0 bridgehead atoms. The summed E-state index contributed by atoms with van der Waals surface area (Å²) in [4.78, 5) is 31.1. The molecule has 4 aromatic rings. The number of amides is 2. The number of aromatic nitrogens is 2. The highest BCUT2D eigenvalue weighted by molar-refractivity contribution is 8.00. The van der Waals surface area contributed by atoms with Crippen molar-refractivity contribution >= 4 is 29.4 Å². The second kappa shape index (κ2) is 12.5. The van der Waals surface area contributed by atoms with E-state index in [4.69, 9.17) is 5.10 Å². The molecule has 6 rings (SSSR count). The van der Waals surface area contributed by atoms with Crippen molar-refractivity contribution in [3.05, 3.63) is 101 Å². The molecule has 0 radical (unpaired) electrons. The van der Waals surface area contributed by atoms with E-state index in [-0.39, 0.29) is 35.2 Å². The third-order valence-corrected chi connectivity index (χ3v) is 9.17. The number of anilines is 1. The highest BCUT2D eigenvalue weighted by Gasteiger charge is 2.38. The molecule has 1 fully saturated rings. The Morgan fingerprint density at radius 1 is 1.00 bits per heavy atom. The van der Waals surface area contributed by atoms with Gasteiger partial charge in [0, 0.05) is 24.2 Å². The quantitative estimate of drug-likeness (QED) is 0.302. The van der Waals surface area contributed by atoms with E-state index in [2.05, 4.69) is 29.3 Å². The van der Waals surface area contributed by atoms with Gasteiger partial charge in [0.25, 0.3) is 0 Å². The average Bonchev–Trinajstić information content (AvgIpc) is 3.63. The summed E-state index contributed by atoms with van der Waals surface area (Å²) >= 11 is 1.54. The van der Waals surface area contributed by atoms with Gasteiger partial charge in [0.1, 0.15) is 18.2 Å². The van der Waals surface area contributed by atoms with E-state index in [1.54, 1.807) is 33.5 Å². The van der Waals surface area contributed by atoms with E-state index in [9.17, 15) is 14.0 Å². The molecule has 2 amide bonds. The molecule has 0 spiro atoms. The van der Waals surface area contributed by atoms with Gasteiger partial charge in [-0.3, -0.25) is 14.5 Å². The van der Waals surface area contributed by atoms with Crippen LogP contribution in [0.2, 0.25) is 0 Å². The summed E-state index contributed by atoms with van der Waals surface area (Å²) in [5, 5.41) is 7.88. The van der Waals surface area contributed by atoms with Crippen LogP contribution < -0.4 is 10.2 Å². The van der Waals surface area contributed by atoms with E-state index in [0.29, 0.717) is 18.1 Å². The van der Waals surface area contributed by atoms with Gasteiger partial charge in [0.15, 0.2) is 0 Å². The fourth-order valence-electron chi connectivity index (χ4n) is 5.78. The highest BCUT2D eigenvalue weighted by Crippen LogP contribution is 2.49. The maximum absolute atomic E-state index is 14.0. The number of carbonyl (C=O) groups excluding carboxylic acids is 2. The molecule has 1 atom stereocenters. The van der Waals surface area contributed by atoms with Crippen molar-refractivity contribution < 1.29 is 14.0 Å². The van der Waals surface area contributed by atoms with Crippen LogP contribution in [0.5, 0.6) is 0 Å². The SMILES string of the molecule is Cc1ccccc1C1SCC(=O)N(CC(=O)NCCN2CCCC2)c2c1c(-c1ccccc1)nn2-c1ccc(F)cc1. The van der Waals surface area contributed by atoms with Crippen molar-refractivity contribution in [2.24, 2.45) is 0 Å². The summed E-state index contributed by atoms with van der Waals surface area (Å²) in [7, 11) is 0. The van der Waals surface area contributed by atoms with Crippen molar-refractivity contribution in [2.45, 2.75) is 25.0 Å². The third-order valence-electron chi connectivity index (χ3n) is 7.93. The van der Waals surface area contributed by atoms with Crippen molar-refractivity contribution in [3.8, 4) is 16.9 Å². The molecule has 0 aliphatic carbocycles. The van der Waals surface area contributed by atoms with Crippen LogP contribution in [0.3, 0.4) is 0 Å². The zero-order valence-corrected chi connectivity index (χ0v) is 24.4. The second-order valence-electron chi connectivity index (χ2n) is 10.8. The minimum absolute atomic E-state index is 0.131. The fourth-order valence-corrected chi connectivity index (χ4v) is 7.07. The molecular formula is C33H34FN5O2S. The first-order valence-electron chi connectivity index (χ1n) is 14.4. The van der Waals surface area contributed by atoms with Crippen LogP contribution in [0.4, 0.5) is 10.2 Å². The number of fused-ring (bicyclic) bond motifs is 1. The van der Waals surface area contributed by atoms with Gasteiger partial charge in [0.2, 0.25) is 11.8 Å². The largest absolute Gasteiger partial charge is 0.353 e. The van der Waals surface area contributed by atoms with Crippen molar-refractivity contribution in [1.82, 2.24) is 20.0 Å². The maximum atomic E-state index is 14.0. The molecule has 9 heteroatoms. The Hall–Kier alpha value is -3.95. The minimum Gasteiger partial charge on any atom is -0.353 e. The summed E-state index contributed by atoms with van der Waals surface area (Å²) in [5.41, 5.74) is 5.29. The molecule has 1 N–H and O–H groups in total. The lowest BCUT2D eigenvalue weighted by Crippen LogP contribution is -2.44. The zero-order chi connectivity index (χ0) is 29.1. The molecule has 2 aliphatic heterocycles. The number of carbonyl (C=O) groups is 2. The Morgan fingerprint density at radius 3 is 2.45 bits per heavy atom. The first kappa shape index (κ1) is 28.2. The number of hydrogen-bond acceptors (Lipinski definition) is 5. The number of halogens is 1. The average molecular weight is 584 g/mol. The third kappa shape index (κ3) is 5.84. The molecule has 7 nitrogen and oxygen atoms in total. The van der Waals surface area contributed by atoms with Crippen LogP contribution in [-0.2, 0) is 9.59 Å². The number of rotatable bonds is 8. The number of hydrogen-bond donors (Lipinski definition) is 1. The van der Waals surface area contributed by atoms with E-state index < -0.39 is 0 Å². The molecule has 1 saturated heterocycles. The summed E-state index contributed by atoms with van der Waals surface area (Å²) in [6.07, 6.45) is 2.38. The van der Waals surface area contributed by atoms with Crippen LogP contribution >= 0.6 is 11.8 Å². The van der Waals surface area contributed by atoms with Crippen LogP contribution in [0.15, 0.2) is 78.9 Å². The summed E-state index contributed by atoms with van der Waals surface area (Å²) in [6, 6.07) is 24.1. The molecular weight excluding hydrogens is 549 g/mol. The predicted octanol–water partition coefficient (Wildman–Crippen LogP) is 5.37. The molecule has 3 aromatic carbocycles. The minimum atomic E-state index is -0.362. The number of likely N-dealkylation sites (tertiary alicyclic amines) is 1. The highest BCUT2D eigenvalue weighted by atomic mass is 32.2. The van der Waals surface area contributed by atoms with Gasteiger partial charge in [-0.1, -0.05) is 54.6 Å². The number of nitrogens with zero attached hydrogens (tertiary/aromatic N) is 4. The van der Waals surface area contributed by atoms with E-state index >= 15 is 0 Å². The summed E-state index contributed by atoms with van der Waals surface area (Å²) in [6.45, 7) is 5.37. The van der Waals surface area contributed by atoms with E-state index in [1.165, 1.54) is 25.0 Å². The summed E-state index contributed by atoms with van der Waals surface area (Å²) < 4.78 is 15.7. The van der Waals surface area contributed by atoms with Crippen LogP contribution in [0.1, 0.15) is 34.8 Å². The van der Waals surface area contributed by atoms with E-state index in [0.717, 1.165) is 47.6 Å². The Morgan fingerprint density at radius 2 is 1.71 bits per heavy atom. The molecule has 42 heavy (non-hydrogen) atoms. The maximum Gasteiger partial charge on any atom is 0.240 e. The van der Waals surface area contributed by atoms with Gasteiger partial charge >= 0.3 is 0 Å². The lowest BCUT2D eigenvalue weighted by Gasteiger charge is -2.24. The molecule has 216 valence electrons. The van der Waals surface area contributed by atoms with Crippen LogP contribution in [0.25, 0.3) is 16.9 Å². The molecule has 3 heterocycles. The normalized spacial score (nSPS) is 17.2. The van der Waals surface area contributed by atoms with Crippen molar-refractivity contribution in [2.75, 3.05) is 43.4 Å². The number of benzene rings is 3. The van der Waals surface area contributed by atoms with Crippen LogP contribution in [-0.4, -0.2) is 65.0 Å². The molecule has 1 unspecified atom stereocenters. The zero-order valence-electron chi connectivity index (χ0n) is 23.6. The van der Waals surface area contributed by atoms with Gasteiger partial charge in [-0.05, 0) is 68.2 Å². The Bertz CT molecular complexity index is 1570. The molecule has 2 aliphatic rings. The van der Waals surface area contributed by atoms with Crippen LogP contribution in [0, 0.1) is 12.7 Å². The predicted molar refractivity (Wildman–Crippen MR) is 165 cm³/mol. The number of aryl methyl sites for hydroxylation is 1. The second-order valence-corrected chi connectivity index (χ2v) is 11.9. The lowest BCUT2D eigenvalue weighted by atomic mass is 9.97. The topological polar surface area (TPSA) is 70.5 Å². The Kier molecular flexibility index (Phi) is 8.39. The first-order valence-corrected chi connectivity index (χ1v) is 15.5. The van der Waals surface area contributed by atoms with Gasteiger partial charge in [-0.25, -0.2) is 9.07 Å². The number of thioether (sulfide) groups is 1. The monoisotopic (exact) mass is 583 g/mol. The molecule has 0 saturated carbocycles. The fraction of sp³-hybridized carbons (Fsp3) is 0.303. The molecule has 1 aromatic heterocycles. The smallest absolute Gasteiger partial charge is 0.240 e.